The minimum Gasteiger partial charge on any atom is -0.398 e. The molecule has 0 aromatic heterocycles. The Balaban J connectivity index is 1.88. The topological polar surface area (TPSA) is 38.0 Å². The number of nitrogens with two attached hydrogens (primary N) is 1. The van der Waals surface area contributed by atoms with E-state index in [2.05, 4.69) is 33.4 Å². The lowest BCUT2D eigenvalue weighted by atomic mass is 10.1. The number of benzene rings is 2. The van der Waals surface area contributed by atoms with E-state index in [0.29, 0.717) is 0 Å². The highest BCUT2D eigenvalue weighted by Gasteiger charge is 1.97. The number of hydrogen-bond acceptors (Lipinski definition) is 2. The van der Waals surface area contributed by atoms with E-state index in [0.717, 1.165) is 28.8 Å². The molecular weight excluding hydrogens is 276 g/mol. The molecule has 0 saturated carbocycles. The molecule has 0 radical (unpaired) electrons. The van der Waals surface area contributed by atoms with Gasteiger partial charge in [0.2, 0.25) is 0 Å². The van der Waals surface area contributed by atoms with E-state index in [1.54, 1.807) is 0 Å². The summed E-state index contributed by atoms with van der Waals surface area (Å²) in [6.45, 7) is 1.64. The largest absolute Gasteiger partial charge is 0.398 e. The van der Waals surface area contributed by atoms with E-state index in [4.69, 9.17) is 5.73 Å². The van der Waals surface area contributed by atoms with Gasteiger partial charge in [-0.3, -0.25) is 0 Å². The summed E-state index contributed by atoms with van der Waals surface area (Å²) in [4.78, 5) is 0. The predicted octanol–water partition coefficient (Wildman–Crippen LogP) is 3.32. The molecule has 2 aromatic carbocycles. The third-order valence-corrected chi connectivity index (χ3v) is 3.14. The van der Waals surface area contributed by atoms with Gasteiger partial charge in [-0.2, -0.15) is 0 Å². The van der Waals surface area contributed by atoms with Crippen molar-refractivity contribution in [2.45, 2.75) is 13.1 Å². The lowest BCUT2D eigenvalue weighted by Crippen LogP contribution is -2.13. The van der Waals surface area contributed by atoms with E-state index >= 15 is 0 Å². The fourth-order valence-electron chi connectivity index (χ4n) is 1.64. The van der Waals surface area contributed by atoms with Crippen LogP contribution < -0.4 is 11.1 Å². The molecule has 0 saturated heterocycles. The van der Waals surface area contributed by atoms with Gasteiger partial charge in [-0.25, -0.2) is 0 Å². The van der Waals surface area contributed by atoms with Crippen molar-refractivity contribution in [2.75, 3.05) is 5.73 Å². The van der Waals surface area contributed by atoms with Crippen molar-refractivity contribution in [1.29, 1.82) is 0 Å². The van der Waals surface area contributed by atoms with Crippen molar-refractivity contribution in [2.24, 2.45) is 0 Å². The van der Waals surface area contributed by atoms with Crippen molar-refractivity contribution < 1.29 is 0 Å². The van der Waals surface area contributed by atoms with Crippen molar-refractivity contribution in [1.82, 2.24) is 5.32 Å². The van der Waals surface area contributed by atoms with Crippen LogP contribution in [0.5, 0.6) is 0 Å². The van der Waals surface area contributed by atoms with Crippen LogP contribution in [0.1, 0.15) is 11.1 Å². The summed E-state index contributed by atoms with van der Waals surface area (Å²) in [6.07, 6.45) is 0. The molecule has 0 heterocycles. The van der Waals surface area contributed by atoms with E-state index in [1.165, 1.54) is 5.56 Å². The second-order valence-electron chi connectivity index (χ2n) is 3.93. The maximum atomic E-state index is 5.87. The van der Waals surface area contributed by atoms with Crippen LogP contribution in [0.2, 0.25) is 0 Å². The summed E-state index contributed by atoms with van der Waals surface area (Å²) in [5.41, 5.74) is 9.13. The zero-order valence-electron chi connectivity index (χ0n) is 9.49. The van der Waals surface area contributed by atoms with Crippen LogP contribution in [0.15, 0.2) is 53.0 Å². The van der Waals surface area contributed by atoms with Gasteiger partial charge in [0.25, 0.3) is 0 Å². The second kappa shape index (κ2) is 5.84. The Morgan fingerprint density at radius 2 is 1.65 bits per heavy atom. The molecule has 17 heavy (non-hydrogen) atoms. The van der Waals surface area contributed by atoms with Gasteiger partial charge in [-0.05, 0) is 29.3 Å². The number of hydrogen-bond donors (Lipinski definition) is 2. The molecule has 0 atom stereocenters. The number of para-hydroxylation sites is 1. The van der Waals surface area contributed by atoms with Crippen LogP contribution in [0, 0.1) is 0 Å². The minimum atomic E-state index is 0.794. The Morgan fingerprint density at radius 3 is 2.35 bits per heavy atom. The molecule has 0 aliphatic rings. The Kier molecular flexibility index (Phi) is 4.18. The van der Waals surface area contributed by atoms with Gasteiger partial charge < -0.3 is 11.1 Å². The molecule has 88 valence electrons. The molecule has 3 N–H and O–H groups in total. The third-order valence-electron chi connectivity index (χ3n) is 2.61. The summed E-state index contributed by atoms with van der Waals surface area (Å²) < 4.78 is 1.11. The van der Waals surface area contributed by atoms with Crippen molar-refractivity contribution >= 4 is 21.6 Å². The van der Waals surface area contributed by atoms with Gasteiger partial charge >= 0.3 is 0 Å². The first kappa shape index (κ1) is 12.1. The molecule has 3 heteroatoms. The average Bonchev–Trinajstić information content (AvgIpc) is 2.34. The van der Waals surface area contributed by atoms with Crippen molar-refractivity contribution in [3.8, 4) is 0 Å². The molecule has 0 aliphatic carbocycles. The minimum absolute atomic E-state index is 0.794. The second-order valence-corrected chi connectivity index (χ2v) is 4.84. The van der Waals surface area contributed by atoms with Crippen molar-refractivity contribution in [3.05, 3.63) is 64.1 Å². The monoisotopic (exact) mass is 290 g/mol. The highest BCUT2D eigenvalue weighted by Crippen LogP contribution is 2.12. The molecule has 0 unspecified atom stereocenters. The number of anilines is 1. The van der Waals surface area contributed by atoms with Gasteiger partial charge in [-0.15, -0.1) is 0 Å². The average molecular weight is 291 g/mol. The van der Waals surface area contributed by atoms with E-state index < -0.39 is 0 Å². The van der Waals surface area contributed by atoms with E-state index in [-0.39, 0.29) is 0 Å². The lowest BCUT2D eigenvalue weighted by molar-refractivity contribution is 0.694. The SMILES string of the molecule is Nc1ccccc1CNCc1ccc(Br)cc1. The van der Waals surface area contributed by atoms with Gasteiger partial charge in [0.05, 0.1) is 0 Å². The normalized spacial score (nSPS) is 10.4. The number of halogens is 1. The first-order valence-corrected chi connectivity index (χ1v) is 6.33. The summed E-state index contributed by atoms with van der Waals surface area (Å²) in [5, 5.41) is 3.38. The summed E-state index contributed by atoms with van der Waals surface area (Å²) in [6, 6.07) is 16.2. The zero-order chi connectivity index (χ0) is 12.1. The predicted molar refractivity (Wildman–Crippen MR) is 75.5 cm³/mol. The summed E-state index contributed by atoms with van der Waals surface area (Å²) in [5.74, 6) is 0. The Morgan fingerprint density at radius 1 is 0.941 bits per heavy atom. The van der Waals surface area contributed by atoms with Gasteiger partial charge in [0.15, 0.2) is 0 Å². The molecule has 0 spiro atoms. The van der Waals surface area contributed by atoms with Crippen LogP contribution >= 0.6 is 15.9 Å². The number of rotatable bonds is 4. The molecular formula is C14H15BrN2. The van der Waals surface area contributed by atoms with Crippen molar-refractivity contribution in [3.63, 3.8) is 0 Å². The quantitative estimate of drug-likeness (QED) is 0.848. The van der Waals surface area contributed by atoms with Crippen LogP contribution in [0.25, 0.3) is 0 Å². The van der Waals surface area contributed by atoms with Crippen LogP contribution in [0.4, 0.5) is 5.69 Å². The molecule has 2 aromatic rings. The van der Waals surface area contributed by atoms with E-state index in [9.17, 15) is 0 Å². The van der Waals surface area contributed by atoms with Gasteiger partial charge in [-0.1, -0.05) is 46.3 Å². The Hall–Kier alpha value is -1.32. The standard InChI is InChI=1S/C14H15BrN2/c15-13-7-5-11(6-8-13)9-17-10-12-3-1-2-4-14(12)16/h1-8,17H,9-10,16H2. The number of nitrogens with one attached hydrogen (secondary N) is 1. The maximum Gasteiger partial charge on any atom is 0.0359 e. The fourth-order valence-corrected chi connectivity index (χ4v) is 1.90. The summed E-state index contributed by atoms with van der Waals surface area (Å²) >= 11 is 3.42. The van der Waals surface area contributed by atoms with Crippen LogP contribution in [-0.4, -0.2) is 0 Å². The highest BCUT2D eigenvalue weighted by molar-refractivity contribution is 9.10. The fraction of sp³-hybridized carbons (Fsp3) is 0.143. The number of nitrogen functional groups attached to an aromatic ring is 1. The van der Waals surface area contributed by atoms with Gasteiger partial charge in [0, 0.05) is 23.2 Å². The first-order valence-electron chi connectivity index (χ1n) is 5.54. The van der Waals surface area contributed by atoms with Crippen LogP contribution in [-0.2, 0) is 13.1 Å². The molecule has 0 aliphatic heterocycles. The first-order chi connectivity index (χ1) is 8.25. The van der Waals surface area contributed by atoms with E-state index in [1.807, 2.05) is 36.4 Å². The van der Waals surface area contributed by atoms with Gasteiger partial charge in [0.1, 0.15) is 0 Å². The van der Waals surface area contributed by atoms with Crippen LogP contribution in [0.3, 0.4) is 0 Å². The molecule has 0 fully saturated rings. The Labute approximate surface area is 110 Å². The maximum absolute atomic E-state index is 5.87. The smallest absolute Gasteiger partial charge is 0.0359 e. The molecule has 0 bridgehead atoms. The Bertz CT molecular complexity index is 480. The molecule has 2 rings (SSSR count). The third kappa shape index (κ3) is 3.58. The zero-order valence-corrected chi connectivity index (χ0v) is 11.1. The summed E-state index contributed by atoms with van der Waals surface area (Å²) in [7, 11) is 0. The molecule has 0 amide bonds. The lowest BCUT2D eigenvalue weighted by Gasteiger charge is -2.07. The molecule has 2 nitrogen and oxygen atoms in total. The highest BCUT2D eigenvalue weighted by atomic mass is 79.9.